The largest absolute Gasteiger partial charge is 0.479 e. The SMILES string of the molecule is Cc1cc(C)c([C@H](OC(C)(C)C)C(=O)O)c(N2CCC(C)(C)CC2)c1-c1ccc2c(c1)CCN(Cc1cc(C(F)(F)F)ccc1F)C2. The van der Waals surface area contributed by atoms with Gasteiger partial charge in [0.05, 0.1) is 16.9 Å². The predicted molar refractivity (Wildman–Crippen MR) is 177 cm³/mol. The Labute approximate surface area is 275 Å². The van der Waals surface area contributed by atoms with E-state index < -0.39 is 35.2 Å². The summed E-state index contributed by atoms with van der Waals surface area (Å²) >= 11 is 0. The second-order valence-electron chi connectivity index (χ2n) is 15.0. The minimum atomic E-state index is -4.53. The van der Waals surface area contributed by atoms with Gasteiger partial charge >= 0.3 is 12.1 Å². The summed E-state index contributed by atoms with van der Waals surface area (Å²) < 4.78 is 60.6. The van der Waals surface area contributed by atoms with Crippen LogP contribution < -0.4 is 4.90 Å². The van der Waals surface area contributed by atoms with E-state index in [-0.39, 0.29) is 17.5 Å². The molecule has 254 valence electrons. The molecule has 1 fully saturated rings. The number of piperidine rings is 1. The number of carboxylic acid groups (broad SMARTS) is 1. The lowest BCUT2D eigenvalue weighted by Crippen LogP contribution is -2.39. The summed E-state index contributed by atoms with van der Waals surface area (Å²) in [6.07, 6.45) is -3.08. The van der Waals surface area contributed by atoms with Crippen molar-refractivity contribution in [3.63, 3.8) is 0 Å². The Hall–Kier alpha value is -3.43. The van der Waals surface area contributed by atoms with Crippen molar-refractivity contribution in [3.8, 4) is 11.1 Å². The Morgan fingerprint density at radius 3 is 2.26 bits per heavy atom. The number of halogens is 4. The van der Waals surface area contributed by atoms with Gasteiger partial charge in [-0.05, 0) is 105 Å². The molecule has 5 nitrogen and oxygen atoms in total. The van der Waals surface area contributed by atoms with Crippen LogP contribution in [0.1, 0.15) is 92.5 Å². The lowest BCUT2D eigenvalue weighted by Gasteiger charge is -2.41. The second kappa shape index (κ2) is 12.9. The van der Waals surface area contributed by atoms with Crippen LogP contribution in [0, 0.1) is 25.1 Å². The normalized spacial score (nSPS) is 17.8. The van der Waals surface area contributed by atoms with Gasteiger partial charge in [-0.25, -0.2) is 9.18 Å². The topological polar surface area (TPSA) is 53.0 Å². The summed E-state index contributed by atoms with van der Waals surface area (Å²) in [7, 11) is 0. The maximum absolute atomic E-state index is 14.5. The molecule has 2 heterocycles. The van der Waals surface area contributed by atoms with E-state index in [1.807, 2.05) is 44.7 Å². The standard InChI is InChI=1S/C38H46F4N2O3/c1-23-18-24(2)32(34(35(45)46)47-36(3,4)5)33(44-16-13-37(6,7)14-17-44)31(23)26-8-9-27-21-43(15-12-25(27)19-26)22-28-20-29(38(40,41)42)10-11-30(28)39/h8-11,18-20,34H,12-17,21-22H2,1-7H3,(H,45,46)/t34-/m0/s1. The quantitative estimate of drug-likeness (QED) is 0.258. The highest BCUT2D eigenvalue weighted by Gasteiger charge is 2.36. The number of nitrogens with zero attached hydrogens (tertiary/aromatic N) is 2. The molecule has 1 saturated heterocycles. The lowest BCUT2D eigenvalue weighted by atomic mass is 9.81. The van der Waals surface area contributed by atoms with Crippen molar-refractivity contribution in [2.24, 2.45) is 5.41 Å². The molecule has 1 atom stereocenters. The average molecular weight is 655 g/mol. The van der Waals surface area contributed by atoms with Crippen LogP contribution in [0.25, 0.3) is 11.1 Å². The van der Waals surface area contributed by atoms with Crippen molar-refractivity contribution in [1.29, 1.82) is 0 Å². The van der Waals surface area contributed by atoms with Crippen molar-refractivity contribution in [1.82, 2.24) is 4.90 Å². The molecule has 0 aliphatic carbocycles. The van der Waals surface area contributed by atoms with E-state index in [1.54, 1.807) is 0 Å². The summed E-state index contributed by atoms with van der Waals surface area (Å²) in [5.41, 5.74) is 6.33. The number of anilines is 1. The molecule has 2 aliphatic heterocycles. The Morgan fingerprint density at radius 2 is 1.64 bits per heavy atom. The zero-order valence-electron chi connectivity index (χ0n) is 28.4. The highest BCUT2D eigenvalue weighted by atomic mass is 19.4. The van der Waals surface area contributed by atoms with Crippen LogP contribution in [-0.4, -0.2) is 41.2 Å². The number of benzene rings is 3. The van der Waals surface area contributed by atoms with Crippen LogP contribution in [-0.2, 0) is 35.2 Å². The molecule has 0 spiro atoms. The first kappa shape index (κ1) is 34.9. The third kappa shape index (κ3) is 7.83. The summed E-state index contributed by atoms with van der Waals surface area (Å²) in [5.74, 6) is -1.67. The van der Waals surface area contributed by atoms with Gasteiger partial charge in [0, 0.05) is 49.4 Å². The Morgan fingerprint density at radius 1 is 0.957 bits per heavy atom. The van der Waals surface area contributed by atoms with Crippen LogP contribution in [0.3, 0.4) is 0 Å². The van der Waals surface area contributed by atoms with Gasteiger partial charge in [0.1, 0.15) is 5.82 Å². The molecule has 3 aromatic rings. The van der Waals surface area contributed by atoms with E-state index in [4.69, 9.17) is 4.74 Å². The van der Waals surface area contributed by atoms with Gasteiger partial charge in [0.15, 0.2) is 6.10 Å². The molecule has 1 N–H and O–H groups in total. The molecule has 0 bridgehead atoms. The van der Waals surface area contributed by atoms with Gasteiger partial charge in [-0.3, -0.25) is 4.90 Å². The number of fused-ring (bicyclic) bond motifs is 1. The summed E-state index contributed by atoms with van der Waals surface area (Å²) in [5, 5.41) is 10.5. The monoisotopic (exact) mass is 654 g/mol. The van der Waals surface area contributed by atoms with Gasteiger partial charge < -0.3 is 14.7 Å². The molecule has 0 amide bonds. The molecule has 2 aliphatic rings. The fourth-order valence-electron chi connectivity index (χ4n) is 6.94. The number of ether oxygens (including phenoxy) is 1. The molecule has 3 aromatic carbocycles. The second-order valence-corrected chi connectivity index (χ2v) is 15.0. The highest BCUT2D eigenvalue weighted by Crippen LogP contribution is 2.46. The van der Waals surface area contributed by atoms with Crippen LogP contribution in [0.5, 0.6) is 0 Å². The first-order valence-corrected chi connectivity index (χ1v) is 16.3. The number of hydrogen-bond donors (Lipinski definition) is 1. The van der Waals surface area contributed by atoms with Gasteiger partial charge in [0.2, 0.25) is 0 Å². The number of carboxylic acids is 1. The zero-order valence-corrected chi connectivity index (χ0v) is 28.4. The number of alkyl halides is 3. The molecule has 0 saturated carbocycles. The minimum Gasteiger partial charge on any atom is -0.479 e. The Kier molecular flexibility index (Phi) is 9.56. The average Bonchev–Trinajstić information content (AvgIpc) is 2.96. The van der Waals surface area contributed by atoms with Gasteiger partial charge in [-0.2, -0.15) is 13.2 Å². The molecule has 0 radical (unpaired) electrons. The van der Waals surface area contributed by atoms with Crippen molar-refractivity contribution in [3.05, 3.63) is 87.2 Å². The number of hydrogen-bond acceptors (Lipinski definition) is 4. The zero-order chi connectivity index (χ0) is 34.5. The maximum atomic E-state index is 14.5. The molecule has 47 heavy (non-hydrogen) atoms. The first-order chi connectivity index (χ1) is 21.8. The summed E-state index contributed by atoms with van der Waals surface area (Å²) in [6.45, 7) is 16.9. The highest BCUT2D eigenvalue weighted by molar-refractivity contribution is 5.89. The van der Waals surface area contributed by atoms with Crippen molar-refractivity contribution in [2.75, 3.05) is 24.5 Å². The lowest BCUT2D eigenvalue weighted by molar-refractivity contribution is -0.160. The van der Waals surface area contributed by atoms with Crippen LogP contribution in [0.4, 0.5) is 23.2 Å². The molecule has 9 heteroatoms. The number of aryl methyl sites for hydroxylation is 2. The van der Waals surface area contributed by atoms with Crippen molar-refractivity contribution < 1.29 is 32.2 Å². The molecule has 0 unspecified atom stereocenters. The summed E-state index contributed by atoms with van der Waals surface area (Å²) in [4.78, 5) is 17.1. The van der Waals surface area contributed by atoms with E-state index in [2.05, 4.69) is 37.8 Å². The van der Waals surface area contributed by atoms with E-state index >= 15 is 0 Å². The van der Waals surface area contributed by atoms with E-state index in [0.717, 1.165) is 83.2 Å². The number of carbonyl (C=O) groups is 1. The van der Waals surface area contributed by atoms with E-state index in [0.29, 0.717) is 25.1 Å². The molecular weight excluding hydrogens is 608 g/mol. The third-order valence-corrected chi connectivity index (χ3v) is 9.49. The Bertz CT molecular complexity index is 1650. The van der Waals surface area contributed by atoms with E-state index in [1.165, 1.54) is 0 Å². The van der Waals surface area contributed by atoms with Crippen molar-refractivity contribution in [2.45, 2.75) is 98.7 Å². The number of rotatable bonds is 7. The minimum absolute atomic E-state index is 0.0301. The summed E-state index contributed by atoms with van der Waals surface area (Å²) in [6, 6.07) is 10.9. The van der Waals surface area contributed by atoms with Gasteiger partial charge in [-0.15, -0.1) is 0 Å². The molecule has 0 aromatic heterocycles. The fourth-order valence-corrected chi connectivity index (χ4v) is 6.94. The van der Waals surface area contributed by atoms with Crippen LogP contribution in [0.2, 0.25) is 0 Å². The van der Waals surface area contributed by atoms with Crippen molar-refractivity contribution >= 4 is 11.7 Å². The predicted octanol–water partition coefficient (Wildman–Crippen LogP) is 9.25. The smallest absolute Gasteiger partial charge is 0.416 e. The van der Waals surface area contributed by atoms with Crippen LogP contribution in [0.15, 0.2) is 42.5 Å². The molecule has 5 rings (SSSR count). The van der Waals surface area contributed by atoms with Crippen LogP contribution >= 0.6 is 0 Å². The van der Waals surface area contributed by atoms with Gasteiger partial charge in [-0.1, -0.05) is 38.1 Å². The Balaban J connectivity index is 1.54. The van der Waals surface area contributed by atoms with Gasteiger partial charge in [0.25, 0.3) is 0 Å². The maximum Gasteiger partial charge on any atom is 0.416 e. The first-order valence-electron chi connectivity index (χ1n) is 16.3. The van der Waals surface area contributed by atoms with E-state index in [9.17, 15) is 27.5 Å². The third-order valence-electron chi connectivity index (χ3n) is 9.49. The fraction of sp³-hybridized carbons (Fsp3) is 0.500. The molecular formula is C38H46F4N2O3. The number of aliphatic carboxylic acids is 1.